The Morgan fingerprint density at radius 1 is 0.420 bits per heavy atom. The van der Waals surface area contributed by atoms with Crippen molar-refractivity contribution < 1.29 is 69.0 Å². The van der Waals surface area contributed by atoms with Gasteiger partial charge < -0.3 is 64.2 Å². The van der Waals surface area contributed by atoms with Gasteiger partial charge in [-0.3, -0.25) is 4.79 Å². The molecule has 0 radical (unpaired) electrons. The first kappa shape index (κ1) is 74.5. The summed E-state index contributed by atoms with van der Waals surface area (Å²) in [6.07, 6.45) is 52.5. The van der Waals surface area contributed by atoms with Crippen LogP contribution in [0.25, 0.3) is 0 Å². The van der Waals surface area contributed by atoms with Crippen molar-refractivity contribution in [3.05, 3.63) is 72.9 Å². The molecule has 0 spiro atoms. The second kappa shape index (κ2) is 52.9. The maximum absolute atomic E-state index is 13.1. The second-order valence-electron chi connectivity index (χ2n) is 22.6. The number of esters is 1. The maximum Gasteiger partial charge on any atom is 0.306 e. The lowest BCUT2D eigenvalue weighted by atomic mass is 9.98. The molecule has 2 saturated heterocycles. The average molecular weight is 1150 g/mol. The summed E-state index contributed by atoms with van der Waals surface area (Å²) in [6, 6.07) is 0. The van der Waals surface area contributed by atoms with E-state index < -0.39 is 80.7 Å². The van der Waals surface area contributed by atoms with E-state index in [1.54, 1.807) is 0 Å². The molecule has 2 rings (SSSR count). The number of hydrogen-bond acceptors (Lipinski definition) is 14. The third-order valence-corrected chi connectivity index (χ3v) is 15.2. The van der Waals surface area contributed by atoms with Gasteiger partial charge in [0.1, 0.15) is 54.9 Å². The van der Waals surface area contributed by atoms with Gasteiger partial charge in [0.25, 0.3) is 0 Å². The van der Waals surface area contributed by atoms with Gasteiger partial charge in [0.2, 0.25) is 0 Å². The number of unbranched alkanes of at least 4 members (excludes halogenated alkanes) is 27. The SMILES string of the molecule is CC/C=C\C/C=C\C/C=C\C/C=C\C/C=C\CCCCCCCCCCCC(=O)OC(COCCCCCCCCCCCC/C=C\CCCCCCCCCC)COC1OC(COC2OC(CO)C(O)C(O)C2O)C(O)C(O)C1O. The molecule has 0 aromatic rings. The molecule has 2 aliphatic rings. The van der Waals surface area contributed by atoms with Crippen LogP contribution in [-0.4, -0.2) is 142 Å². The Bertz CT molecular complexity index is 1610. The molecule has 0 aromatic carbocycles. The van der Waals surface area contributed by atoms with E-state index >= 15 is 0 Å². The van der Waals surface area contributed by atoms with Gasteiger partial charge in [-0.25, -0.2) is 0 Å². The minimum absolute atomic E-state index is 0.0563. The van der Waals surface area contributed by atoms with Crippen LogP contribution in [0.3, 0.4) is 0 Å². The van der Waals surface area contributed by atoms with Crippen LogP contribution in [0.5, 0.6) is 0 Å². The Balaban J connectivity index is 1.68. The van der Waals surface area contributed by atoms with E-state index in [4.69, 9.17) is 28.4 Å². The molecule has 0 aliphatic carbocycles. The highest BCUT2D eigenvalue weighted by molar-refractivity contribution is 5.69. The zero-order chi connectivity index (χ0) is 58.6. The van der Waals surface area contributed by atoms with Gasteiger partial charge >= 0.3 is 5.97 Å². The lowest BCUT2D eigenvalue weighted by molar-refractivity contribution is -0.332. The normalized spacial score (nSPS) is 24.2. The quantitative estimate of drug-likeness (QED) is 0.0172. The van der Waals surface area contributed by atoms with Crippen molar-refractivity contribution in [2.45, 2.75) is 313 Å². The first-order chi connectivity index (χ1) is 39.6. The van der Waals surface area contributed by atoms with Gasteiger partial charge in [0, 0.05) is 13.0 Å². The van der Waals surface area contributed by atoms with Crippen LogP contribution >= 0.6 is 0 Å². The second-order valence-corrected chi connectivity index (χ2v) is 22.6. The summed E-state index contributed by atoms with van der Waals surface area (Å²) in [5.41, 5.74) is 0. The fourth-order valence-corrected chi connectivity index (χ4v) is 10.0. The molecule has 7 N–H and O–H groups in total. The van der Waals surface area contributed by atoms with E-state index in [2.05, 4.69) is 86.8 Å². The first-order valence-electron chi connectivity index (χ1n) is 32.5. The van der Waals surface area contributed by atoms with Crippen molar-refractivity contribution in [2.75, 3.05) is 33.0 Å². The number of aliphatic hydroxyl groups is 7. The number of hydrogen-bond donors (Lipinski definition) is 7. The van der Waals surface area contributed by atoms with E-state index in [0.717, 1.165) is 77.0 Å². The number of aliphatic hydroxyl groups excluding tert-OH is 7. The number of ether oxygens (including phenoxy) is 6. The Labute approximate surface area is 491 Å². The summed E-state index contributed by atoms with van der Waals surface area (Å²) < 4.78 is 34.5. The molecule has 0 amide bonds. The smallest absolute Gasteiger partial charge is 0.306 e. The monoisotopic (exact) mass is 1150 g/mol. The van der Waals surface area contributed by atoms with E-state index in [1.807, 2.05) is 0 Å². The molecule has 0 aromatic heterocycles. The highest BCUT2D eigenvalue weighted by Gasteiger charge is 2.47. The van der Waals surface area contributed by atoms with E-state index in [-0.39, 0.29) is 25.6 Å². The summed E-state index contributed by atoms with van der Waals surface area (Å²) in [4.78, 5) is 13.1. The summed E-state index contributed by atoms with van der Waals surface area (Å²) >= 11 is 0. The van der Waals surface area contributed by atoms with Gasteiger partial charge in [-0.05, 0) is 83.5 Å². The van der Waals surface area contributed by atoms with Crippen molar-refractivity contribution >= 4 is 5.97 Å². The fraction of sp³-hybridized carbons (Fsp3) is 0.806. The fourth-order valence-electron chi connectivity index (χ4n) is 10.0. The van der Waals surface area contributed by atoms with Crippen LogP contribution < -0.4 is 0 Å². The van der Waals surface area contributed by atoms with E-state index in [0.29, 0.717) is 13.0 Å². The predicted molar refractivity (Wildman–Crippen MR) is 325 cm³/mol. The molecule has 14 heteroatoms. The standard InChI is InChI=1S/C67H118O14/c1-3-5-7-9-11-13-15-17-19-21-23-25-27-28-29-30-32-34-36-38-40-42-44-46-48-50-59(69)79-56(53-76-51-49-47-45-43-41-39-37-35-33-31-26-24-22-20-18-16-14-12-10-8-6-4-2)54-77-66-65(75)63(73)61(71)58(81-66)55-78-67-64(74)62(72)60(70)57(52-68)80-67/h5,7,11,13,17,19,22-25,28-29,56-58,60-68,70-75H,3-4,6,8-10,12,14-16,18,20-21,26-27,30-55H2,1-2H3/b7-5-,13-11-,19-17-,24-22-,25-23-,29-28-. The molecular formula is C67H118O14. The maximum atomic E-state index is 13.1. The minimum Gasteiger partial charge on any atom is -0.457 e. The third kappa shape index (κ3) is 38.9. The Morgan fingerprint density at radius 3 is 1.27 bits per heavy atom. The number of carbonyl (C=O) groups is 1. The molecule has 2 fully saturated rings. The van der Waals surface area contributed by atoms with Crippen molar-refractivity contribution in [3.63, 3.8) is 0 Å². The molecule has 81 heavy (non-hydrogen) atoms. The molecule has 11 atom stereocenters. The van der Waals surface area contributed by atoms with Crippen LogP contribution in [-0.2, 0) is 33.2 Å². The molecule has 2 heterocycles. The summed E-state index contributed by atoms with van der Waals surface area (Å²) in [5, 5.41) is 72.5. The highest BCUT2D eigenvalue weighted by atomic mass is 16.7. The summed E-state index contributed by atoms with van der Waals surface area (Å²) in [6.45, 7) is 3.59. The van der Waals surface area contributed by atoms with Crippen molar-refractivity contribution in [2.24, 2.45) is 0 Å². The molecule has 11 unspecified atom stereocenters. The topological polar surface area (TPSA) is 214 Å². The van der Waals surface area contributed by atoms with Crippen LogP contribution in [0.15, 0.2) is 72.9 Å². The zero-order valence-electron chi connectivity index (χ0n) is 50.8. The van der Waals surface area contributed by atoms with Gasteiger partial charge in [-0.1, -0.05) is 228 Å². The molecule has 2 aliphatic heterocycles. The number of rotatable bonds is 53. The van der Waals surface area contributed by atoms with E-state index in [9.17, 15) is 40.5 Å². The lowest BCUT2D eigenvalue weighted by Crippen LogP contribution is -2.61. The zero-order valence-corrected chi connectivity index (χ0v) is 50.8. The van der Waals surface area contributed by atoms with Crippen LogP contribution in [0.4, 0.5) is 0 Å². The first-order valence-corrected chi connectivity index (χ1v) is 32.5. The summed E-state index contributed by atoms with van der Waals surface area (Å²) in [7, 11) is 0. The van der Waals surface area contributed by atoms with Gasteiger partial charge in [-0.15, -0.1) is 0 Å². The number of carbonyl (C=O) groups excluding carboxylic acids is 1. The molecule has 14 nitrogen and oxygen atoms in total. The third-order valence-electron chi connectivity index (χ3n) is 15.2. The Kier molecular flexibility index (Phi) is 48.7. The lowest BCUT2D eigenvalue weighted by Gasteiger charge is -2.42. The van der Waals surface area contributed by atoms with Crippen molar-refractivity contribution in [3.8, 4) is 0 Å². The average Bonchev–Trinajstić information content (AvgIpc) is 3.46. The minimum atomic E-state index is -1.71. The largest absolute Gasteiger partial charge is 0.457 e. The molecule has 0 saturated carbocycles. The van der Waals surface area contributed by atoms with Crippen molar-refractivity contribution in [1.29, 1.82) is 0 Å². The van der Waals surface area contributed by atoms with Crippen LogP contribution in [0.1, 0.15) is 245 Å². The Morgan fingerprint density at radius 2 is 0.802 bits per heavy atom. The molecule has 0 bridgehead atoms. The van der Waals surface area contributed by atoms with Gasteiger partial charge in [0.15, 0.2) is 12.6 Å². The number of allylic oxidation sites excluding steroid dienone is 12. The Hall–Kier alpha value is -2.57. The van der Waals surface area contributed by atoms with Gasteiger partial charge in [0.05, 0.1) is 26.4 Å². The highest BCUT2D eigenvalue weighted by Crippen LogP contribution is 2.27. The van der Waals surface area contributed by atoms with Crippen LogP contribution in [0.2, 0.25) is 0 Å². The van der Waals surface area contributed by atoms with Crippen LogP contribution in [0, 0.1) is 0 Å². The van der Waals surface area contributed by atoms with Crippen molar-refractivity contribution in [1.82, 2.24) is 0 Å². The summed E-state index contributed by atoms with van der Waals surface area (Å²) in [5.74, 6) is -0.382. The van der Waals surface area contributed by atoms with Gasteiger partial charge in [-0.2, -0.15) is 0 Å². The predicted octanol–water partition coefficient (Wildman–Crippen LogP) is 13.0. The van der Waals surface area contributed by atoms with E-state index in [1.165, 1.54) is 141 Å². The molecule has 470 valence electrons. The molecular weight excluding hydrogens is 1030 g/mol.